The third kappa shape index (κ3) is 3.87. The van der Waals surface area contributed by atoms with Crippen molar-refractivity contribution in [1.82, 2.24) is 9.97 Å². The number of nitrogens with two attached hydrogens (primary N) is 1. The predicted octanol–water partition coefficient (Wildman–Crippen LogP) is 2.43. The van der Waals surface area contributed by atoms with Crippen LogP contribution >= 0.6 is 0 Å². The van der Waals surface area contributed by atoms with Crippen molar-refractivity contribution in [3.8, 4) is 17.2 Å². The van der Waals surface area contributed by atoms with Crippen molar-refractivity contribution < 1.29 is 14.2 Å². The number of ether oxygens (including phenoxy) is 3. The molecule has 0 amide bonds. The number of hydrogen-bond donors (Lipinski definition) is 1. The minimum atomic E-state index is 0.0988. The van der Waals surface area contributed by atoms with E-state index in [2.05, 4.69) is 14.9 Å². The lowest BCUT2D eigenvalue weighted by molar-refractivity contribution is 0.158. The molecule has 25 heavy (non-hydrogen) atoms. The van der Waals surface area contributed by atoms with Gasteiger partial charge in [0.05, 0.1) is 14.2 Å². The van der Waals surface area contributed by atoms with Gasteiger partial charge in [0.2, 0.25) is 11.7 Å². The Morgan fingerprint density at radius 2 is 1.72 bits per heavy atom. The fraction of sp³-hybridized carbons (Fsp3) is 0.444. The molecule has 0 aliphatic carbocycles. The molecule has 2 N–H and O–H groups in total. The Bertz CT molecular complexity index is 688. The zero-order valence-corrected chi connectivity index (χ0v) is 14.9. The van der Waals surface area contributed by atoms with Gasteiger partial charge in [0.15, 0.2) is 11.5 Å². The van der Waals surface area contributed by atoms with Crippen molar-refractivity contribution in [2.45, 2.75) is 25.9 Å². The van der Waals surface area contributed by atoms with Crippen molar-refractivity contribution in [2.75, 3.05) is 37.9 Å². The number of aromatic nitrogens is 2. The van der Waals surface area contributed by atoms with Crippen LogP contribution < -0.4 is 24.8 Å². The topological polar surface area (TPSA) is 82.7 Å². The minimum Gasteiger partial charge on any atom is -0.493 e. The van der Waals surface area contributed by atoms with Crippen LogP contribution in [0.4, 0.5) is 11.8 Å². The van der Waals surface area contributed by atoms with Gasteiger partial charge in [-0.2, -0.15) is 4.98 Å². The van der Waals surface area contributed by atoms with Crippen LogP contribution in [0.15, 0.2) is 24.3 Å². The summed E-state index contributed by atoms with van der Waals surface area (Å²) in [5, 5.41) is 0. The van der Waals surface area contributed by atoms with Crippen LogP contribution in [0.1, 0.15) is 18.5 Å². The number of rotatable bonds is 5. The SMILES string of the molecule is COc1cccc(OC)c1OC1CCN(c2cc(C)nc(N)n2)CC1. The van der Waals surface area contributed by atoms with Gasteiger partial charge in [0.25, 0.3) is 0 Å². The van der Waals surface area contributed by atoms with Crippen LogP contribution in [0.5, 0.6) is 17.2 Å². The Kier molecular flexibility index (Phi) is 5.11. The summed E-state index contributed by atoms with van der Waals surface area (Å²) in [6.45, 7) is 3.61. The number of methoxy groups -OCH3 is 2. The largest absolute Gasteiger partial charge is 0.493 e. The van der Waals surface area contributed by atoms with Crippen LogP contribution in [0.3, 0.4) is 0 Å². The summed E-state index contributed by atoms with van der Waals surface area (Å²) in [5.41, 5.74) is 6.63. The van der Waals surface area contributed by atoms with E-state index in [1.807, 2.05) is 31.2 Å². The Labute approximate surface area is 147 Å². The first-order valence-corrected chi connectivity index (χ1v) is 8.34. The molecular formula is C18H24N4O3. The predicted molar refractivity (Wildman–Crippen MR) is 96.6 cm³/mol. The monoisotopic (exact) mass is 344 g/mol. The van der Waals surface area contributed by atoms with Crippen molar-refractivity contribution in [3.63, 3.8) is 0 Å². The van der Waals surface area contributed by atoms with E-state index in [0.29, 0.717) is 23.2 Å². The van der Waals surface area contributed by atoms with E-state index in [4.69, 9.17) is 19.9 Å². The van der Waals surface area contributed by atoms with Crippen LogP contribution in [-0.4, -0.2) is 43.4 Å². The van der Waals surface area contributed by atoms with Gasteiger partial charge in [-0.1, -0.05) is 6.07 Å². The van der Waals surface area contributed by atoms with E-state index in [0.717, 1.165) is 37.4 Å². The second-order valence-electron chi connectivity index (χ2n) is 6.02. The maximum atomic E-state index is 6.20. The summed E-state index contributed by atoms with van der Waals surface area (Å²) >= 11 is 0. The highest BCUT2D eigenvalue weighted by molar-refractivity contribution is 5.51. The second-order valence-corrected chi connectivity index (χ2v) is 6.02. The maximum Gasteiger partial charge on any atom is 0.222 e. The lowest BCUT2D eigenvalue weighted by atomic mass is 10.1. The number of piperidine rings is 1. The number of hydrogen-bond acceptors (Lipinski definition) is 7. The van der Waals surface area contributed by atoms with Gasteiger partial charge in [-0.15, -0.1) is 0 Å². The molecule has 3 rings (SSSR count). The summed E-state index contributed by atoms with van der Waals surface area (Å²) < 4.78 is 17.0. The van der Waals surface area contributed by atoms with E-state index >= 15 is 0 Å². The van der Waals surface area contributed by atoms with E-state index in [1.54, 1.807) is 14.2 Å². The Hall–Kier alpha value is -2.70. The summed E-state index contributed by atoms with van der Waals surface area (Å²) in [4.78, 5) is 10.7. The summed E-state index contributed by atoms with van der Waals surface area (Å²) in [5.74, 6) is 3.21. The quantitative estimate of drug-likeness (QED) is 0.892. The maximum absolute atomic E-state index is 6.20. The number of anilines is 2. The van der Waals surface area contributed by atoms with E-state index < -0.39 is 0 Å². The van der Waals surface area contributed by atoms with E-state index in [1.165, 1.54) is 0 Å². The molecule has 0 atom stereocenters. The standard InChI is InChI=1S/C18H24N4O3/c1-12-11-16(21-18(19)20-12)22-9-7-13(8-10-22)25-17-14(23-2)5-4-6-15(17)24-3/h4-6,11,13H,7-10H2,1-3H3,(H2,19,20,21). The molecule has 1 aromatic heterocycles. The van der Waals surface area contributed by atoms with E-state index in [-0.39, 0.29) is 6.10 Å². The highest BCUT2D eigenvalue weighted by Crippen LogP contribution is 2.38. The molecule has 7 heteroatoms. The molecule has 1 aromatic carbocycles. The number of para-hydroxylation sites is 1. The second kappa shape index (κ2) is 7.46. The summed E-state index contributed by atoms with van der Waals surface area (Å²) in [6, 6.07) is 7.59. The van der Waals surface area contributed by atoms with Gasteiger partial charge in [-0.3, -0.25) is 0 Å². The lowest BCUT2D eigenvalue weighted by Gasteiger charge is -2.33. The molecular weight excluding hydrogens is 320 g/mol. The average molecular weight is 344 g/mol. The molecule has 2 aromatic rings. The van der Waals surface area contributed by atoms with Crippen molar-refractivity contribution >= 4 is 11.8 Å². The Morgan fingerprint density at radius 1 is 1.08 bits per heavy atom. The fourth-order valence-electron chi connectivity index (χ4n) is 3.04. The molecule has 1 aliphatic rings. The molecule has 7 nitrogen and oxygen atoms in total. The highest BCUT2D eigenvalue weighted by Gasteiger charge is 2.24. The Morgan fingerprint density at radius 3 is 2.28 bits per heavy atom. The van der Waals surface area contributed by atoms with Gasteiger partial charge in [-0.05, 0) is 19.1 Å². The van der Waals surface area contributed by atoms with Crippen molar-refractivity contribution in [2.24, 2.45) is 0 Å². The van der Waals surface area contributed by atoms with Gasteiger partial charge < -0.3 is 24.8 Å². The smallest absolute Gasteiger partial charge is 0.222 e. The van der Waals surface area contributed by atoms with Crippen molar-refractivity contribution in [1.29, 1.82) is 0 Å². The molecule has 0 unspecified atom stereocenters. The van der Waals surface area contributed by atoms with Crippen LogP contribution in [0.2, 0.25) is 0 Å². The molecule has 0 radical (unpaired) electrons. The van der Waals surface area contributed by atoms with Crippen LogP contribution in [0, 0.1) is 6.92 Å². The molecule has 0 spiro atoms. The number of benzene rings is 1. The van der Waals surface area contributed by atoms with Crippen LogP contribution in [-0.2, 0) is 0 Å². The third-order valence-electron chi connectivity index (χ3n) is 4.29. The molecule has 0 saturated carbocycles. The first kappa shape index (κ1) is 17.1. The number of nitrogen functional groups attached to an aromatic ring is 1. The normalized spacial score (nSPS) is 15.1. The van der Waals surface area contributed by atoms with Crippen LogP contribution in [0.25, 0.3) is 0 Å². The lowest BCUT2D eigenvalue weighted by Crippen LogP contribution is -2.39. The molecule has 0 bridgehead atoms. The van der Waals surface area contributed by atoms with Gasteiger partial charge >= 0.3 is 0 Å². The first-order chi connectivity index (χ1) is 12.1. The highest BCUT2D eigenvalue weighted by atomic mass is 16.5. The molecule has 1 aliphatic heterocycles. The molecule has 1 saturated heterocycles. The van der Waals surface area contributed by atoms with Gasteiger partial charge in [-0.25, -0.2) is 4.98 Å². The number of aryl methyl sites for hydroxylation is 1. The van der Waals surface area contributed by atoms with Crippen molar-refractivity contribution in [3.05, 3.63) is 30.0 Å². The average Bonchev–Trinajstić information content (AvgIpc) is 2.61. The summed E-state index contributed by atoms with van der Waals surface area (Å²) in [6.07, 6.45) is 1.86. The first-order valence-electron chi connectivity index (χ1n) is 8.34. The van der Waals surface area contributed by atoms with E-state index in [9.17, 15) is 0 Å². The molecule has 1 fully saturated rings. The molecule has 2 heterocycles. The number of nitrogens with zero attached hydrogens (tertiary/aromatic N) is 3. The zero-order valence-electron chi connectivity index (χ0n) is 14.9. The van der Waals surface area contributed by atoms with Gasteiger partial charge in [0, 0.05) is 37.7 Å². The zero-order chi connectivity index (χ0) is 17.8. The fourth-order valence-corrected chi connectivity index (χ4v) is 3.04. The Balaban J connectivity index is 1.67. The summed E-state index contributed by atoms with van der Waals surface area (Å²) in [7, 11) is 3.26. The third-order valence-corrected chi connectivity index (χ3v) is 4.29. The minimum absolute atomic E-state index is 0.0988. The van der Waals surface area contributed by atoms with Gasteiger partial charge in [0.1, 0.15) is 11.9 Å². The molecule has 134 valence electrons.